The Kier molecular flexibility index (Phi) is 4.10. The molecule has 2 aromatic rings. The van der Waals surface area contributed by atoms with Gasteiger partial charge in [-0.05, 0) is 38.0 Å². The summed E-state index contributed by atoms with van der Waals surface area (Å²) in [6.07, 6.45) is 0.966. The van der Waals surface area contributed by atoms with Crippen LogP contribution < -0.4 is 10.1 Å². The largest absolute Gasteiger partial charge is 0.497 e. The maximum Gasteiger partial charge on any atom is 0.124 e. The van der Waals surface area contributed by atoms with Crippen molar-refractivity contribution in [2.75, 3.05) is 12.4 Å². The molecule has 2 rings (SSSR count). The van der Waals surface area contributed by atoms with Crippen molar-refractivity contribution in [3.63, 3.8) is 0 Å². The molecule has 0 fully saturated rings. The highest BCUT2D eigenvalue weighted by Crippen LogP contribution is 2.15. The molecule has 0 saturated carbocycles. The van der Waals surface area contributed by atoms with E-state index >= 15 is 0 Å². The smallest absolute Gasteiger partial charge is 0.124 e. The summed E-state index contributed by atoms with van der Waals surface area (Å²) in [6, 6.07) is 10.6. The van der Waals surface area contributed by atoms with Crippen LogP contribution in [0.3, 0.4) is 0 Å². The number of methoxy groups -OCH3 is 1. The van der Waals surface area contributed by atoms with E-state index < -0.39 is 0 Å². The fourth-order valence-corrected chi connectivity index (χ4v) is 2.16. The quantitative estimate of drug-likeness (QED) is 0.897. The third-order valence-electron chi connectivity index (χ3n) is 3.10. The molecule has 1 heterocycles. The van der Waals surface area contributed by atoms with Gasteiger partial charge in [0.2, 0.25) is 0 Å². The molecular formula is C15H21N3O. The lowest BCUT2D eigenvalue weighted by molar-refractivity contribution is 0.414. The van der Waals surface area contributed by atoms with Gasteiger partial charge in [-0.2, -0.15) is 5.10 Å². The van der Waals surface area contributed by atoms with Gasteiger partial charge in [0.05, 0.1) is 12.8 Å². The summed E-state index contributed by atoms with van der Waals surface area (Å²) in [6.45, 7) is 4.17. The molecule has 0 radical (unpaired) electrons. The highest BCUT2D eigenvalue weighted by molar-refractivity contribution is 5.38. The van der Waals surface area contributed by atoms with Crippen molar-refractivity contribution in [3.05, 3.63) is 41.6 Å². The number of aromatic nitrogens is 2. The molecule has 19 heavy (non-hydrogen) atoms. The van der Waals surface area contributed by atoms with E-state index in [-0.39, 0.29) is 0 Å². The molecule has 1 aromatic carbocycles. The number of hydrogen-bond donors (Lipinski definition) is 1. The van der Waals surface area contributed by atoms with Crippen LogP contribution in [-0.2, 0) is 13.5 Å². The summed E-state index contributed by atoms with van der Waals surface area (Å²) in [4.78, 5) is 0. The molecule has 1 aromatic heterocycles. The number of anilines is 1. The number of nitrogens with one attached hydrogen (secondary N) is 1. The molecule has 0 amide bonds. The maximum atomic E-state index is 5.16. The predicted molar refractivity (Wildman–Crippen MR) is 77.7 cm³/mol. The number of benzene rings is 1. The minimum Gasteiger partial charge on any atom is -0.497 e. The van der Waals surface area contributed by atoms with Crippen molar-refractivity contribution in [2.45, 2.75) is 26.3 Å². The van der Waals surface area contributed by atoms with Crippen LogP contribution in [-0.4, -0.2) is 22.9 Å². The number of hydrogen-bond acceptors (Lipinski definition) is 3. The minimum absolute atomic E-state index is 0.350. The van der Waals surface area contributed by atoms with Crippen molar-refractivity contribution in [1.82, 2.24) is 9.78 Å². The molecule has 0 aliphatic rings. The van der Waals surface area contributed by atoms with Crippen LogP contribution in [0, 0.1) is 6.92 Å². The van der Waals surface area contributed by atoms with Crippen molar-refractivity contribution in [2.24, 2.45) is 7.05 Å². The Balaban J connectivity index is 1.96. The summed E-state index contributed by atoms with van der Waals surface area (Å²) in [5, 5.41) is 7.81. The van der Waals surface area contributed by atoms with E-state index in [2.05, 4.69) is 35.5 Å². The first kappa shape index (κ1) is 13.5. The van der Waals surface area contributed by atoms with E-state index in [1.54, 1.807) is 7.11 Å². The lowest BCUT2D eigenvalue weighted by Crippen LogP contribution is -2.19. The normalized spacial score (nSPS) is 12.2. The van der Waals surface area contributed by atoms with Gasteiger partial charge in [0, 0.05) is 19.2 Å². The summed E-state index contributed by atoms with van der Waals surface area (Å²) < 4.78 is 7.04. The molecule has 1 atom stereocenters. The van der Waals surface area contributed by atoms with Crippen LogP contribution in [0.4, 0.5) is 5.82 Å². The molecule has 4 nitrogen and oxygen atoms in total. The first-order valence-corrected chi connectivity index (χ1v) is 6.48. The highest BCUT2D eigenvalue weighted by atomic mass is 16.5. The zero-order valence-electron chi connectivity index (χ0n) is 12.0. The molecule has 0 aliphatic heterocycles. The average Bonchev–Trinajstić information content (AvgIpc) is 2.68. The van der Waals surface area contributed by atoms with Gasteiger partial charge in [0.1, 0.15) is 11.6 Å². The Bertz CT molecular complexity index is 531. The van der Waals surface area contributed by atoms with E-state index in [1.807, 2.05) is 30.8 Å². The molecule has 0 unspecified atom stereocenters. The van der Waals surface area contributed by atoms with Gasteiger partial charge in [-0.25, -0.2) is 0 Å². The zero-order valence-corrected chi connectivity index (χ0v) is 12.0. The number of rotatable bonds is 5. The lowest BCUT2D eigenvalue weighted by atomic mass is 10.1. The lowest BCUT2D eigenvalue weighted by Gasteiger charge is -2.15. The van der Waals surface area contributed by atoms with Gasteiger partial charge in [0.15, 0.2) is 0 Å². The Morgan fingerprint density at radius 1 is 1.32 bits per heavy atom. The van der Waals surface area contributed by atoms with E-state index in [1.165, 1.54) is 5.56 Å². The molecule has 102 valence electrons. The molecule has 0 aliphatic carbocycles. The summed E-state index contributed by atoms with van der Waals surface area (Å²) in [7, 11) is 3.64. The molecule has 4 heteroatoms. The van der Waals surface area contributed by atoms with Crippen molar-refractivity contribution < 1.29 is 4.74 Å². The molecular weight excluding hydrogens is 238 g/mol. The van der Waals surface area contributed by atoms with E-state index in [4.69, 9.17) is 4.74 Å². The second kappa shape index (κ2) is 5.78. The Morgan fingerprint density at radius 3 is 2.53 bits per heavy atom. The van der Waals surface area contributed by atoms with Crippen molar-refractivity contribution in [1.29, 1.82) is 0 Å². The third-order valence-corrected chi connectivity index (χ3v) is 3.10. The average molecular weight is 259 g/mol. The van der Waals surface area contributed by atoms with Gasteiger partial charge in [-0.3, -0.25) is 4.68 Å². The highest BCUT2D eigenvalue weighted by Gasteiger charge is 2.07. The summed E-state index contributed by atoms with van der Waals surface area (Å²) in [5.74, 6) is 1.95. The first-order chi connectivity index (χ1) is 9.08. The Morgan fingerprint density at radius 2 is 2.00 bits per heavy atom. The van der Waals surface area contributed by atoms with Crippen molar-refractivity contribution in [3.8, 4) is 5.75 Å². The SMILES string of the molecule is COc1ccc(C[C@@H](C)Nc2cc(C)nn2C)cc1. The standard InChI is InChI=1S/C15H21N3O/c1-11(16-15-10-12(2)17-18(15)3)9-13-5-7-14(19-4)8-6-13/h5-8,10-11,16H,9H2,1-4H3/t11-/m1/s1. The summed E-state index contributed by atoms with van der Waals surface area (Å²) >= 11 is 0. The van der Waals surface area contributed by atoms with E-state index in [9.17, 15) is 0 Å². The molecule has 1 N–H and O–H groups in total. The number of ether oxygens (including phenoxy) is 1. The molecule has 0 spiro atoms. The fraction of sp³-hybridized carbons (Fsp3) is 0.400. The monoisotopic (exact) mass is 259 g/mol. The van der Waals surface area contributed by atoms with Crippen LogP contribution in [0.1, 0.15) is 18.2 Å². The van der Waals surface area contributed by atoms with Gasteiger partial charge >= 0.3 is 0 Å². The second-order valence-corrected chi connectivity index (χ2v) is 4.89. The number of aryl methyl sites for hydroxylation is 2. The van der Waals surface area contributed by atoms with Crippen LogP contribution in [0.2, 0.25) is 0 Å². The molecule has 0 saturated heterocycles. The second-order valence-electron chi connectivity index (χ2n) is 4.89. The van der Waals surface area contributed by atoms with E-state index in [0.29, 0.717) is 6.04 Å². The minimum atomic E-state index is 0.350. The van der Waals surface area contributed by atoms with Gasteiger partial charge in [0.25, 0.3) is 0 Å². The van der Waals surface area contributed by atoms with Crippen LogP contribution in [0.5, 0.6) is 5.75 Å². The van der Waals surface area contributed by atoms with Gasteiger partial charge in [-0.1, -0.05) is 12.1 Å². The van der Waals surface area contributed by atoms with Gasteiger partial charge in [-0.15, -0.1) is 0 Å². The van der Waals surface area contributed by atoms with Crippen LogP contribution in [0.15, 0.2) is 30.3 Å². The first-order valence-electron chi connectivity index (χ1n) is 6.48. The zero-order chi connectivity index (χ0) is 13.8. The Labute approximate surface area is 114 Å². The van der Waals surface area contributed by atoms with Gasteiger partial charge < -0.3 is 10.1 Å². The van der Waals surface area contributed by atoms with Crippen molar-refractivity contribution >= 4 is 5.82 Å². The molecule has 0 bridgehead atoms. The topological polar surface area (TPSA) is 39.1 Å². The van der Waals surface area contributed by atoms with E-state index in [0.717, 1.165) is 23.7 Å². The number of nitrogens with zero attached hydrogens (tertiary/aromatic N) is 2. The van der Waals surface area contributed by atoms with Crippen LogP contribution in [0.25, 0.3) is 0 Å². The predicted octanol–water partition coefficient (Wildman–Crippen LogP) is 2.78. The maximum absolute atomic E-state index is 5.16. The third kappa shape index (κ3) is 3.50. The summed E-state index contributed by atoms with van der Waals surface area (Å²) in [5.41, 5.74) is 2.32. The fourth-order valence-electron chi connectivity index (χ4n) is 2.16. The Hall–Kier alpha value is -1.97. The van der Waals surface area contributed by atoms with Crippen LogP contribution >= 0.6 is 0 Å².